The van der Waals surface area contributed by atoms with E-state index in [9.17, 15) is 4.79 Å². The minimum Gasteiger partial charge on any atom is -0.346 e. The van der Waals surface area contributed by atoms with Crippen LogP contribution in [0.3, 0.4) is 0 Å². The van der Waals surface area contributed by atoms with E-state index in [2.05, 4.69) is 35.0 Å². The molecule has 2 aromatic carbocycles. The van der Waals surface area contributed by atoms with E-state index in [-0.39, 0.29) is 11.9 Å². The molecule has 0 aliphatic rings. The van der Waals surface area contributed by atoms with Crippen LogP contribution in [-0.2, 0) is 4.79 Å². The maximum absolute atomic E-state index is 12.6. The van der Waals surface area contributed by atoms with E-state index in [0.717, 1.165) is 16.8 Å². The van der Waals surface area contributed by atoms with Gasteiger partial charge < -0.3 is 9.88 Å². The van der Waals surface area contributed by atoms with Gasteiger partial charge in [-0.1, -0.05) is 48.0 Å². The van der Waals surface area contributed by atoms with E-state index < -0.39 is 0 Å². The molecule has 1 amide bonds. The summed E-state index contributed by atoms with van der Waals surface area (Å²) in [6, 6.07) is 20.2. The Balaban J connectivity index is 1.79. The molecule has 0 aliphatic heterocycles. The third kappa shape index (κ3) is 3.74. The van der Waals surface area contributed by atoms with Gasteiger partial charge in [0.25, 0.3) is 0 Å². The fourth-order valence-electron chi connectivity index (χ4n) is 2.96. The van der Waals surface area contributed by atoms with E-state index in [1.165, 1.54) is 5.56 Å². The topological polar surface area (TPSA) is 34.0 Å². The lowest BCUT2D eigenvalue weighted by Gasteiger charge is -2.19. The normalized spacial score (nSPS) is 11.9. The Morgan fingerprint density at radius 2 is 1.71 bits per heavy atom. The number of anilines is 1. The van der Waals surface area contributed by atoms with Gasteiger partial charge in [0.05, 0.1) is 12.5 Å². The van der Waals surface area contributed by atoms with Crippen molar-refractivity contribution in [2.75, 3.05) is 5.32 Å². The summed E-state index contributed by atoms with van der Waals surface area (Å²) in [5.74, 6) is 0.0181. The fourth-order valence-corrected chi connectivity index (χ4v) is 2.96. The predicted molar refractivity (Wildman–Crippen MR) is 98.2 cm³/mol. The smallest absolute Gasteiger partial charge is 0.226 e. The van der Waals surface area contributed by atoms with E-state index in [1.807, 2.05) is 61.8 Å². The van der Waals surface area contributed by atoms with Crippen molar-refractivity contribution in [1.29, 1.82) is 0 Å². The van der Waals surface area contributed by atoms with E-state index >= 15 is 0 Å². The average molecular weight is 318 g/mol. The monoisotopic (exact) mass is 318 g/mol. The summed E-state index contributed by atoms with van der Waals surface area (Å²) in [4.78, 5) is 12.6. The highest BCUT2D eigenvalue weighted by Crippen LogP contribution is 2.24. The fraction of sp³-hybridized carbons (Fsp3) is 0.190. The van der Waals surface area contributed by atoms with Gasteiger partial charge in [0.2, 0.25) is 5.91 Å². The number of amides is 1. The highest BCUT2D eigenvalue weighted by Gasteiger charge is 2.17. The Bertz CT molecular complexity index is 807. The third-order valence-electron chi connectivity index (χ3n) is 4.21. The lowest BCUT2D eigenvalue weighted by Crippen LogP contribution is -2.20. The molecule has 1 unspecified atom stereocenters. The number of hydrogen-bond donors (Lipinski definition) is 1. The van der Waals surface area contributed by atoms with Gasteiger partial charge in [-0.15, -0.1) is 0 Å². The largest absolute Gasteiger partial charge is 0.346 e. The molecule has 0 saturated carbocycles. The molecule has 1 heterocycles. The number of carbonyl (C=O) groups excluding carboxylic acids is 1. The van der Waals surface area contributed by atoms with Crippen LogP contribution in [0.2, 0.25) is 0 Å². The SMILES string of the molecule is Cc1ccc(NC(=O)CC(c2ccccc2)n2cccc2)c(C)c1. The zero-order valence-electron chi connectivity index (χ0n) is 14.1. The Kier molecular flexibility index (Phi) is 4.80. The van der Waals surface area contributed by atoms with Gasteiger partial charge >= 0.3 is 0 Å². The molecule has 1 aromatic heterocycles. The van der Waals surface area contributed by atoms with Gasteiger partial charge in [-0.3, -0.25) is 4.79 Å². The van der Waals surface area contributed by atoms with E-state index in [1.54, 1.807) is 0 Å². The van der Waals surface area contributed by atoms with Crippen LogP contribution in [0, 0.1) is 13.8 Å². The summed E-state index contributed by atoms with van der Waals surface area (Å²) < 4.78 is 2.08. The van der Waals surface area contributed by atoms with Crippen LogP contribution in [0.5, 0.6) is 0 Å². The molecule has 0 radical (unpaired) electrons. The minimum absolute atomic E-state index is 0.00745. The van der Waals surface area contributed by atoms with Crippen molar-refractivity contribution in [2.45, 2.75) is 26.3 Å². The van der Waals surface area contributed by atoms with Crippen molar-refractivity contribution in [2.24, 2.45) is 0 Å². The first-order chi connectivity index (χ1) is 11.6. The number of benzene rings is 2. The zero-order valence-corrected chi connectivity index (χ0v) is 14.1. The van der Waals surface area contributed by atoms with Crippen LogP contribution in [-0.4, -0.2) is 10.5 Å². The highest BCUT2D eigenvalue weighted by molar-refractivity contribution is 5.92. The highest BCUT2D eigenvalue weighted by atomic mass is 16.1. The van der Waals surface area contributed by atoms with Crippen LogP contribution in [0.4, 0.5) is 5.69 Å². The van der Waals surface area contributed by atoms with Gasteiger partial charge in [0.15, 0.2) is 0 Å². The first-order valence-corrected chi connectivity index (χ1v) is 8.18. The second-order valence-corrected chi connectivity index (χ2v) is 6.13. The molecule has 0 fully saturated rings. The van der Waals surface area contributed by atoms with Crippen LogP contribution in [0.15, 0.2) is 73.1 Å². The number of hydrogen-bond acceptors (Lipinski definition) is 1. The quantitative estimate of drug-likeness (QED) is 0.725. The number of nitrogens with one attached hydrogen (secondary N) is 1. The van der Waals surface area contributed by atoms with Crippen molar-refractivity contribution in [3.05, 3.63) is 89.7 Å². The Morgan fingerprint density at radius 3 is 2.38 bits per heavy atom. The average Bonchev–Trinajstić information content (AvgIpc) is 3.10. The van der Waals surface area contributed by atoms with Crippen molar-refractivity contribution < 1.29 is 4.79 Å². The maximum Gasteiger partial charge on any atom is 0.226 e. The van der Waals surface area contributed by atoms with Crippen molar-refractivity contribution >= 4 is 11.6 Å². The third-order valence-corrected chi connectivity index (χ3v) is 4.21. The van der Waals surface area contributed by atoms with Gasteiger partial charge in [0.1, 0.15) is 0 Å². The van der Waals surface area contributed by atoms with Gasteiger partial charge in [-0.05, 0) is 43.2 Å². The molecule has 122 valence electrons. The lowest BCUT2D eigenvalue weighted by molar-refractivity contribution is -0.116. The molecular weight excluding hydrogens is 296 g/mol. The van der Waals surface area contributed by atoms with Crippen LogP contribution >= 0.6 is 0 Å². The molecule has 0 aliphatic carbocycles. The standard InChI is InChI=1S/C21H22N2O/c1-16-10-11-19(17(2)14-16)22-21(24)15-20(23-12-6-7-13-23)18-8-4-3-5-9-18/h3-14,20H,15H2,1-2H3,(H,22,24). The van der Waals surface area contributed by atoms with E-state index in [4.69, 9.17) is 0 Å². The molecule has 0 saturated heterocycles. The van der Waals surface area contributed by atoms with Crippen LogP contribution < -0.4 is 5.32 Å². The van der Waals surface area contributed by atoms with Crippen LogP contribution in [0.25, 0.3) is 0 Å². The van der Waals surface area contributed by atoms with Gasteiger partial charge in [-0.2, -0.15) is 0 Å². The Labute approximate surface area is 143 Å². The first-order valence-electron chi connectivity index (χ1n) is 8.18. The number of carbonyl (C=O) groups is 1. The zero-order chi connectivity index (χ0) is 16.9. The molecule has 1 N–H and O–H groups in total. The van der Waals surface area contributed by atoms with Crippen molar-refractivity contribution in [3.63, 3.8) is 0 Å². The second kappa shape index (κ2) is 7.18. The molecular formula is C21H22N2O. The summed E-state index contributed by atoms with van der Waals surface area (Å²) in [6.45, 7) is 4.07. The van der Waals surface area contributed by atoms with Crippen LogP contribution in [0.1, 0.15) is 29.2 Å². The number of nitrogens with zero attached hydrogens (tertiary/aromatic N) is 1. The summed E-state index contributed by atoms with van der Waals surface area (Å²) in [5.41, 5.74) is 4.29. The summed E-state index contributed by atoms with van der Waals surface area (Å²) in [6.07, 6.45) is 4.40. The molecule has 3 rings (SSSR count). The second-order valence-electron chi connectivity index (χ2n) is 6.13. The number of rotatable bonds is 5. The lowest BCUT2D eigenvalue weighted by atomic mass is 10.0. The van der Waals surface area contributed by atoms with Gasteiger partial charge in [-0.25, -0.2) is 0 Å². The number of aromatic nitrogens is 1. The van der Waals surface area contributed by atoms with Crippen molar-refractivity contribution in [3.8, 4) is 0 Å². The maximum atomic E-state index is 12.6. The minimum atomic E-state index is -0.00745. The summed E-state index contributed by atoms with van der Waals surface area (Å²) >= 11 is 0. The van der Waals surface area contributed by atoms with Gasteiger partial charge in [0, 0.05) is 18.1 Å². The molecule has 0 bridgehead atoms. The summed E-state index contributed by atoms with van der Waals surface area (Å²) in [5, 5.41) is 3.05. The van der Waals surface area contributed by atoms with Crippen molar-refractivity contribution in [1.82, 2.24) is 4.57 Å². The molecule has 1 atom stereocenters. The molecule has 0 spiro atoms. The number of aryl methyl sites for hydroxylation is 2. The first kappa shape index (κ1) is 16.1. The molecule has 24 heavy (non-hydrogen) atoms. The predicted octanol–water partition coefficient (Wildman–Crippen LogP) is 4.72. The molecule has 3 aromatic rings. The molecule has 3 nitrogen and oxygen atoms in total. The summed E-state index contributed by atoms with van der Waals surface area (Å²) in [7, 11) is 0. The Morgan fingerprint density at radius 1 is 1.00 bits per heavy atom. The van der Waals surface area contributed by atoms with E-state index in [0.29, 0.717) is 6.42 Å². The Hall–Kier alpha value is -2.81. The molecule has 3 heteroatoms.